The highest BCUT2D eigenvalue weighted by atomic mass is 16.3. The van der Waals surface area contributed by atoms with E-state index in [2.05, 4.69) is 4.90 Å². The second kappa shape index (κ2) is 3.75. The van der Waals surface area contributed by atoms with E-state index >= 15 is 0 Å². The maximum absolute atomic E-state index is 10.3. The second-order valence-corrected chi connectivity index (χ2v) is 4.32. The zero-order valence-corrected chi connectivity index (χ0v) is 8.57. The quantitative estimate of drug-likeness (QED) is 0.772. The Morgan fingerprint density at radius 2 is 2.50 bits per heavy atom. The van der Waals surface area contributed by atoms with Crippen molar-refractivity contribution in [1.82, 2.24) is 4.90 Å². The van der Waals surface area contributed by atoms with Crippen LogP contribution >= 0.6 is 0 Å². The summed E-state index contributed by atoms with van der Waals surface area (Å²) in [4.78, 5) is 2.17. The van der Waals surface area contributed by atoms with E-state index in [0.717, 1.165) is 31.7 Å². The van der Waals surface area contributed by atoms with Crippen molar-refractivity contribution in [3.05, 3.63) is 24.2 Å². The minimum Gasteiger partial charge on any atom is -0.469 e. The smallest absolute Gasteiger partial charge is 0.106 e. The topological polar surface area (TPSA) is 36.6 Å². The third-order valence-electron chi connectivity index (χ3n) is 2.83. The predicted molar refractivity (Wildman–Crippen MR) is 54.1 cm³/mol. The van der Waals surface area contributed by atoms with Crippen LogP contribution in [0.2, 0.25) is 0 Å². The van der Waals surface area contributed by atoms with Crippen molar-refractivity contribution >= 4 is 0 Å². The number of furan rings is 1. The molecule has 0 radical (unpaired) electrons. The molecule has 0 bridgehead atoms. The molecule has 2 heterocycles. The average Bonchev–Trinajstić information content (AvgIpc) is 2.55. The summed E-state index contributed by atoms with van der Waals surface area (Å²) in [6, 6.07) is 3.79. The summed E-state index contributed by atoms with van der Waals surface area (Å²) in [5.74, 6) is 0.878. The van der Waals surface area contributed by atoms with Gasteiger partial charge in [0.25, 0.3) is 0 Å². The predicted octanol–water partition coefficient (Wildman–Crippen LogP) is 1.28. The van der Waals surface area contributed by atoms with Gasteiger partial charge in [-0.1, -0.05) is 0 Å². The zero-order chi connectivity index (χ0) is 10.0. The molecule has 0 saturated carbocycles. The fourth-order valence-electron chi connectivity index (χ4n) is 2.22. The van der Waals surface area contributed by atoms with Crippen LogP contribution in [0.25, 0.3) is 0 Å². The molecule has 14 heavy (non-hydrogen) atoms. The zero-order valence-electron chi connectivity index (χ0n) is 8.57. The van der Waals surface area contributed by atoms with Gasteiger partial charge in [-0.05, 0) is 38.6 Å². The summed E-state index contributed by atoms with van der Waals surface area (Å²) in [6.45, 7) is 1.83. The lowest BCUT2D eigenvalue weighted by Crippen LogP contribution is -2.47. The van der Waals surface area contributed by atoms with Crippen molar-refractivity contribution in [3.8, 4) is 0 Å². The van der Waals surface area contributed by atoms with Gasteiger partial charge in [0.05, 0.1) is 11.9 Å². The standard InChI is InChI=1S/C11H17NO2/c1-12-6-3-5-11(13,9-12)8-10-4-2-7-14-10/h2,4,7,13H,3,5-6,8-9H2,1H3. The molecule has 1 saturated heterocycles. The molecule has 1 aliphatic rings. The van der Waals surface area contributed by atoms with Crippen LogP contribution in [0.4, 0.5) is 0 Å². The van der Waals surface area contributed by atoms with Crippen LogP contribution < -0.4 is 0 Å². The molecular weight excluding hydrogens is 178 g/mol. The average molecular weight is 195 g/mol. The summed E-state index contributed by atoms with van der Waals surface area (Å²) < 4.78 is 5.26. The maximum atomic E-state index is 10.3. The summed E-state index contributed by atoms with van der Waals surface area (Å²) in [5, 5.41) is 10.3. The van der Waals surface area contributed by atoms with Crippen molar-refractivity contribution in [2.45, 2.75) is 24.9 Å². The van der Waals surface area contributed by atoms with E-state index in [-0.39, 0.29) is 0 Å². The van der Waals surface area contributed by atoms with Gasteiger partial charge < -0.3 is 14.4 Å². The molecule has 0 aromatic carbocycles. The minimum absolute atomic E-state index is 0.592. The monoisotopic (exact) mass is 195 g/mol. The van der Waals surface area contributed by atoms with Crippen molar-refractivity contribution in [1.29, 1.82) is 0 Å². The molecule has 1 aromatic rings. The molecule has 0 spiro atoms. The molecule has 1 atom stereocenters. The Kier molecular flexibility index (Phi) is 2.61. The molecule has 78 valence electrons. The number of likely N-dealkylation sites (tertiary alicyclic amines) is 1. The lowest BCUT2D eigenvalue weighted by atomic mass is 9.89. The van der Waals surface area contributed by atoms with E-state index in [0.29, 0.717) is 6.42 Å². The van der Waals surface area contributed by atoms with Crippen LogP contribution in [0.1, 0.15) is 18.6 Å². The lowest BCUT2D eigenvalue weighted by molar-refractivity contribution is -0.0257. The summed E-state index contributed by atoms with van der Waals surface area (Å²) in [7, 11) is 2.05. The summed E-state index contributed by atoms with van der Waals surface area (Å²) >= 11 is 0. The molecule has 3 nitrogen and oxygen atoms in total. The number of rotatable bonds is 2. The van der Waals surface area contributed by atoms with Crippen LogP contribution in [0.5, 0.6) is 0 Å². The van der Waals surface area contributed by atoms with Crippen LogP contribution in [0.15, 0.2) is 22.8 Å². The lowest BCUT2D eigenvalue weighted by Gasteiger charge is -2.36. The largest absolute Gasteiger partial charge is 0.469 e. The van der Waals surface area contributed by atoms with E-state index in [1.54, 1.807) is 6.26 Å². The van der Waals surface area contributed by atoms with Gasteiger partial charge in [0.1, 0.15) is 5.76 Å². The Morgan fingerprint density at radius 3 is 3.14 bits per heavy atom. The van der Waals surface area contributed by atoms with E-state index in [1.807, 2.05) is 19.2 Å². The Hall–Kier alpha value is -0.800. The highest BCUT2D eigenvalue weighted by molar-refractivity contribution is 5.04. The van der Waals surface area contributed by atoms with Gasteiger partial charge >= 0.3 is 0 Å². The highest BCUT2D eigenvalue weighted by Gasteiger charge is 2.32. The molecule has 1 N–H and O–H groups in total. The van der Waals surface area contributed by atoms with Gasteiger partial charge in [0, 0.05) is 13.0 Å². The third kappa shape index (κ3) is 2.16. The number of hydrogen-bond donors (Lipinski definition) is 1. The highest BCUT2D eigenvalue weighted by Crippen LogP contribution is 2.24. The fourth-order valence-corrected chi connectivity index (χ4v) is 2.22. The third-order valence-corrected chi connectivity index (χ3v) is 2.83. The molecule has 3 heteroatoms. The summed E-state index contributed by atoms with van der Waals surface area (Å²) in [5.41, 5.74) is -0.592. The number of hydrogen-bond acceptors (Lipinski definition) is 3. The number of β-amino-alcohol motifs (C(OH)–C–C–N with tert-alkyl or cyclic N) is 1. The van der Waals surface area contributed by atoms with Gasteiger partial charge in [-0.3, -0.25) is 0 Å². The summed E-state index contributed by atoms with van der Waals surface area (Å²) in [6.07, 6.45) is 4.22. The maximum Gasteiger partial charge on any atom is 0.106 e. The van der Waals surface area contributed by atoms with Crippen LogP contribution in [0.3, 0.4) is 0 Å². The number of likely N-dealkylation sites (N-methyl/N-ethyl adjacent to an activating group) is 1. The van der Waals surface area contributed by atoms with E-state index in [1.165, 1.54) is 0 Å². The first kappa shape index (κ1) is 9.74. The Bertz CT molecular complexity index is 283. The molecule has 0 aliphatic carbocycles. The van der Waals surface area contributed by atoms with Gasteiger partial charge in [-0.25, -0.2) is 0 Å². The molecule has 1 aromatic heterocycles. The van der Waals surface area contributed by atoms with Gasteiger partial charge in [0.15, 0.2) is 0 Å². The van der Waals surface area contributed by atoms with E-state index in [9.17, 15) is 5.11 Å². The Balaban J connectivity index is 2.01. The Labute approximate surface area is 84.3 Å². The van der Waals surface area contributed by atoms with Crippen LogP contribution in [-0.4, -0.2) is 35.7 Å². The molecule has 1 fully saturated rings. The molecule has 1 unspecified atom stereocenters. The van der Waals surface area contributed by atoms with Crippen molar-refractivity contribution < 1.29 is 9.52 Å². The number of nitrogens with zero attached hydrogens (tertiary/aromatic N) is 1. The first-order chi connectivity index (χ1) is 6.68. The number of piperidine rings is 1. The first-order valence-corrected chi connectivity index (χ1v) is 5.11. The normalized spacial score (nSPS) is 29.3. The second-order valence-electron chi connectivity index (χ2n) is 4.32. The molecule has 2 rings (SSSR count). The first-order valence-electron chi connectivity index (χ1n) is 5.11. The molecule has 1 aliphatic heterocycles. The van der Waals surface area contributed by atoms with Crippen LogP contribution in [0, 0.1) is 0 Å². The Morgan fingerprint density at radius 1 is 1.64 bits per heavy atom. The van der Waals surface area contributed by atoms with Crippen LogP contribution in [-0.2, 0) is 6.42 Å². The molecular formula is C11H17NO2. The van der Waals surface area contributed by atoms with E-state index < -0.39 is 5.60 Å². The SMILES string of the molecule is CN1CCCC(O)(Cc2ccco2)C1. The fraction of sp³-hybridized carbons (Fsp3) is 0.636. The van der Waals surface area contributed by atoms with Gasteiger partial charge in [0.2, 0.25) is 0 Å². The molecule has 0 amide bonds. The van der Waals surface area contributed by atoms with Crippen molar-refractivity contribution in [3.63, 3.8) is 0 Å². The minimum atomic E-state index is -0.592. The van der Waals surface area contributed by atoms with Gasteiger partial charge in [-0.15, -0.1) is 0 Å². The van der Waals surface area contributed by atoms with Crippen molar-refractivity contribution in [2.75, 3.05) is 20.1 Å². The number of aliphatic hydroxyl groups is 1. The van der Waals surface area contributed by atoms with Crippen molar-refractivity contribution in [2.24, 2.45) is 0 Å². The van der Waals surface area contributed by atoms with Gasteiger partial charge in [-0.2, -0.15) is 0 Å². The van der Waals surface area contributed by atoms with E-state index in [4.69, 9.17) is 4.42 Å².